The first-order valence-electron chi connectivity index (χ1n) is 7.61. The van der Waals surface area contributed by atoms with Gasteiger partial charge in [0, 0.05) is 6.04 Å². The summed E-state index contributed by atoms with van der Waals surface area (Å²) in [5, 5.41) is 3.82. The molecule has 1 N–H and O–H groups in total. The number of hydrogen-bond donors (Lipinski definition) is 1. The first kappa shape index (κ1) is 12.4. The third-order valence-corrected chi connectivity index (χ3v) is 4.95. The number of hydrogen-bond acceptors (Lipinski definition) is 1. The fourth-order valence-electron chi connectivity index (χ4n) is 4.13. The van der Waals surface area contributed by atoms with Crippen molar-refractivity contribution in [1.82, 2.24) is 5.32 Å². The van der Waals surface area contributed by atoms with Gasteiger partial charge in [0.15, 0.2) is 0 Å². The van der Waals surface area contributed by atoms with Gasteiger partial charge in [-0.3, -0.25) is 0 Å². The Morgan fingerprint density at radius 1 is 0.938 bits per heavy atom. The van der Waals surface area contributed by atoms with Crippen LogP contribution >= 0.6 is 0 Å². The number of nitrogens with one attached hydrogen (secondary N) is 1. The van der Waals surface area contributed by atoms with Gasteiger partial charge in [0.05, 0.1) is 0 Å². The standard InChI is InChI=1S/C15H29N/c1-3-11-16-15-12(4-2)13-9-7-5-6-8-10-14(13)15/h12-16H,3-11H2,1-2H3. The second kappa shape index (κ2) is 6.05. The van der Waals surface area contributed by atoms with Crippen molar-refractivity contribution in [3.8, 4) is 0 Å². The van der Waals surface area contributed by atoms with E-state index in [1.165, 1.54) is 57.9 Å². The van der Waals surface area contributed by atoms with Crippen molar-refractivity contribution in [3.63, 3.8) is 0 Å². The van der Waals surface area contributed by atoms with E-state index < -0.39 is 0 Å². The van der Waals surface area contributed by atoms with Crippen molar-refractivity contribution >= 4 is 0 Å². The summed E-state index contributed by atoms with van der Waals surface area (Å²) in [5.74, 6) is 3.09. The summed E-state index contributed by atoms with van der Waals surface area (Å²) in [6.07, 6.45) is 11.7. The van der Waals surface area contributed by atoms with Gasteiger partial charge in [-0.2, -0.15) is 0 Å². The van der Waals surface area contributed by atoms with Gasteiger partial charge in [-0.25, -0.2) is 0 Å². The lowest BCUT2D eigenvalue weighted by atomic mass is 9.56. The smallest absolute Gasteiger partial charge is 0.0129 e. The highest BCUT2D eigenvalue weighted by Gasteiger charge is 2.47. The maximum Gasteiger partial charge on any atom is 0.0129 e. The minimum atomic E-state index is 0.869. The Labute approximate surface area is 101 Å². The monoisotopic (exact) mass is 223 g/mol. The molecule has 2 saturated carbocycles. The lowest BCUT2D eigenvalue weighted by Gasteiger charge is -2.54. The molecule has 0 amide bonds. The molecule has 0 spiro atoms. The van der Waals surface area contributed by atoms with Gasteiger partial charge in [0.25, 0.3) is 0 Å². The zero-order valence-corrected chi connectivity index (χ0v) is 11.2. The van der Waals surface area contributed by atoms with Crippen molar-refractivity contribution in [1.29, 1.82) is 0 Å². The van der Waals surface area contributed by atoms with Crippen LogP contribution in [0, 0.1) is 17.8 Å². The van der Waals surface area contributed by atoms with Crippen LogP contribution in [0.1, 0.15) is 65.2 Å². The SMILES string of the molecule is CCCNC1C(CC)C2CCCCCCC21. The molecule has 0 aromatic rings. The summed E-state index contributed by atoms with van der Waals surface area (Å²) in [6.45, 7) is 5.90. The van der Waals surface area contributed by atoms with E-state index in [1.807, 2.05) is 0 Å². The Hall–Kier alpha value is -0.0400. The van der Waals surface area contributed by atoms with Crippen LogP contribution in [0.4, 0.5) is 0 Å². The molecule has 2 aliphatic rings. The Kier molecular flexibility index (Phi) is 4.69. The molecule has 4 unspecified atom stereocenters. The van der Waals surface area contributed by atoms with Gasteiger partial charge in [0.1, 0.15) is 0 Å². The molecule has 0 aliphatic heterocycles. The molecule has 1 heteroatoms. The lowest BCUT2D eigenvalue weighted by Crippen LogP contribution is -2.58. The molecule has 0 heterocycles. The molecule has 0 aromatic heterocycles. The molecule has 0 aromatic carbocycles. The fraction of sp³-hybridized carbons (Fsp3) is 1.00. The van der Waals surface area contributed by atoms with Crippen molar-refractivity contribution in [3.05, 3.63) is 0 Å². The maximum absolute atomic E-state index is 3.82. The number of fused-ring (bicyclic) bond motifs is 1. The second-order valence-electron chi connectivity index (χ2n) is 5.87. The van der Waals surface area contributed by atoms with E-state index in [9.17, 15) is 0 Å². The van der Waals surface area contributed by atoms with Crippen LogP contribution in [0.25, 0.3) is 0 Å². The predicted octanol–water partition coefficient (Wildman–Crippen LogP) is 3.98. The van der Waals surface area contributed by atoms with E-state index in [4.69, 9.17) is 0 Å². The predicted molar refractivity (Wildman–Crippen MR) is 70.5 cm³/mol. The average molecular weight is 223 g/mol. The summed E-state index contributed by atoms with van der Waals surface area (Å²) in [7, 11) is 0. The van der Waals surface area contributed by atoms with Crippen LogP contribution < -0.4 is 5.32 Å². The number of rotatable bonds is 4. The summed E-state index contributed by atoms with van der Waals surface area (Å²) < 4.78 is 0. The third kappa shape index (κ3) is 2.45. The fourth-order valence-corrected chi connectivity index (χ4v) is 4.13. The van der Waals surface area contributed by atoms with Crippen molar-refractivity contribution in [2.24, 2.45) is 17.8 Å². The molecule has 1 nitrogen and oxygen atoms in total. The van der Waals surface area contributed by atoms with E-state index >= 15 is 0 Å². The first-order valence-corrected chi connectivity index (χ1v) is 7.61. The molecule has 2 aliphatic carbocycles. The summed E-state index contributed by atoms with van der Waals surface area (Å²) >= 11 is 0. The quantitative estimate of drug-likeness (QED) is 0.760. The largest absolute Gasteiger partial charge is 0.313 e. The molecular weight excluding hydrogens is 194 g/mol. The highest BCUT2D eigenvalue weighted by Crippen LogP contribution is 2.49. The van der Waals surface area contributed by atoms with Crippen molar-refractivity contribution < 1.29 is 0 Å². The zero-order chi connectivity index (χ0) is 11.4. The highest BCUT2D eigenvalue weighted by atomic mass is 15.0. The van der Waals surface area contributed by atoms with E-state index in [-0.39, 0.29) is 0 Å². The summed E-state index contributed by atoms with van der Waals surface area (Å²) in [6, 6.07) is 0.869. The Bertz CT molecular complexity index is 200. The molecule has 2 rings (SSSR count). The summed E-state index contributed by atoms with van der Waals surface area (Å²) in [4.78, 5) is 0. The minimum Gasteiger partial charge on any atom is -0.313 e. The Morgan fingerprint density at radius 2 is 1.62 bits per heavy atom. The Balaban J connectivity index is 1.91. The van der Waals surface area contributed by atoms with Gasteiger partial charge in [0.2, 0.25) is 0 Å². The molecule has 0 radical (unpaired) electrons. The molecule has 0 bridgehead atoms. The van der Waals surface area contributed by atoms with Gasteiger partial charge in [-0.05, 0) is 43.6 Å². The lowest BCUT2D eigenvalue weighted by molar-refractivity contribution is -0.00936. The molecule has 16 heavy (non-hydrogen) atoms. The molecular formula is C15H29N. The van der Waals surface area contributed by atoms with Crippen LogP contribution in [0.5, 0.6) is 0 Å². The van der Waals surface area contributed by atoms with Gasteiger partial charge in [-0.15, -0.1) is 0 Å². The second-order valence-corrected chi connectivity index (χ2v) is 5.87. The maximum atomic E-state index is 3.82. The van der Waals surface area contributed by atoms with Crippen LogP contribution in [0.3, 0.4) is 0 Å². The van der Waals surface area contributed by atoms with E-state index in [0.717, 1.165) is 23.8 Å². The van der Waals surface area contributed by atoms with Gasteiger partial charge < -0.3 is 5.32 Å². The third-order valence-electron chi connectivity index (χ3n) is 4.95. The Morgan fingerprint density at radius 3 is 2.25 bits per heavy atom. The van der Waals surface area contributed by atoms with Crippen LogP contribution in [0.15, 0.2) is 0 Å². The minimum absolute atomic E-state index is 0.869. The van der Waals surface area contributed by atoms with Crippen LogP contribution in [-0.2, 0) is 0 Å². The molecule has 94 valence electrons. The molecule has 4 atom stereocenters. The first-order chi connectivity index (χ1) is 7.88. The molecule has 0 saturated heterocycles. The average Bonchev–Trinajstić information content (AvgIpc) is 2.26. The van der Waals surface area contributed by atoms with E-state index in [2.05, 4.69) is 19.2 Å². The zero-order valence-electron chi connectivity index (χ0n) is 11.2. The summed E-state index contributed by atoms with van der Waals surface area (Å²) in [5.41, 5.74) is 0. The van der Waals surface area contributed by atoms with Gasteiger partial charge in [-0.1, -0.05) is 46.0 Å². The topological polar surface area (TPSA) is 12.0 Å². The van der Waals surface area contributed by atoms with Crippen LogP contribution in [-0.4, -0.2) is 12.6 Å². The van der Waals surface area contributed by atoms with E-state index in [1.54, 1.807) is 0 Å². The normalized spacial score (nSPS) is 39.4. The van der Waals surface area contributed by atoms with Crippen LogP contribution in [0.2, 0.25) is 0 Å². The van der Waals surface area contributed by atoms with Gasteiger partial charge >= 0.3 is 0 Å². The highest BCUT2D eigenvalue weighted by molar-refractivity contribution is 5.01. The molecule has 2 fully saturated rings. The van der Waals surface area contributed by atoms with E-state index in [0.29, 0.717) is 0 Å². The van der Waals surface area contributed by atoms with Crippen molar-refractivity contribution in [2.75, 3.05) is 6.54 Å². The van der Waals surface area contributed by atoms with Crippen molar-refractivity contribution in [2.45, 2.75) is 71.3 Å².